The van der Waals surface area contributed by atoms with Crippen LogP contribution in [0.3, 0.4) is 0 Å². The van der Waals surface area contributed by atoms with Crippen molar-refractivity contribution in [2.24, 2.45) is 5.41 Å². The number of amides is 1. The molecule has 2 aromatic rings. The predicted molar refractivity (Wildman–Crippen MR) is 108 cm³/mol. The molecule has 1 heterocycles. The van der Waals surface area contributed by atoms with Crippen molar-refractivity contribution in [2.45, 2.75) is 45.2 Å². The second-order valence-corrected chi connectivity index (χ2v) is 8.89. The Morgan fingerprint density at radius 2 is 1.68 bits per heavy atom. The van der Waals surface area contributed by atoms with Crippen LogP contribution < -0.4 is 4.90 Å². The molecule has 7 heteroatoms. The van der Waals surface area contributed by atoms with Gasteiger partial charge < -0.3 is 0 Å². The van der Waals surface area contributed by atoms with Gasteiger partial charge in [-0.3, -0.25) is 14.5 Å². The molecule has 1 aliphatic carbocycles. The summed E-state index contributed by atoms with van der Waals surface area (Å²) in [6, 6.07) is 10.2. The van der Waals surface area contributed by atoms with E-state index in [4.69, 9.17) is 0 Å². The number of rotatable bonds is 2. The Balaban J connectivity index is 1.85. The highest BCUT2D eigenvalue weighted by Gasteiger charge is 2.44. The van der Waals surface area contributed by atoms with Crippen LogP contribution in [0, 0.1) is 11.2 Å². The molecule has 0 N–H and O–H groups in total. The summed E-state index contributed by atoms with van der Waals surface area (Å²) in [5.41, 5.74) is 0.583. The summed E-state index contributed by atoms with van der Waals surface area (Å²) < 4.78 is 52.7. The van der Waals surface area contributed by atoms with E-state index in [2.05, 4.69) is 0 Å². The van der Waals surface area contributed by atoms with Gasteiger partial charge in [-0.1, -0.05) is 32.0 Å². The predicted octanol–water partition coefficient (Wildman–Crippen LogP) is 6.01. The number of alkyl halides is 3. The summed E-state index contributed by atoms with van der Waals surface area (Å²) in [4.78, 5) is 27.7. The first kappa shape index (κ1) is 21.3. The van der Waals surface area contributed by atoms with Crippen molar-refractivity contribution in [3.8, 4) is 0 Å². The molecular weight excluding hydrogens is 410 g/mol. The van der Waals surface area contributed by atoms with Gasteiger partial charge in [0.05, 0.1) is 11.3 Å². The highest BCUT2D eigenvalue weighted by atomic mass is 19.4. The van der Waals surface area contributed by atoms with E-state index in [0.717, 1.165) is 12.1 Å². The minimum Gasteiger partial charge on any atom is -0.294 e. The number of Topliss-reactive ketones (excluding diaryl/α,β-unsaturated/α-hetero) is 1. The lowest BCUT2D eigenvalue weighted by Gasteiger charge is -2.43. The lowest BCUT2D eigenvalue weighted by molar-refractivity contribution is -0.137. The molecule has 2 aromatic carbocycles. The van der Waals surface area contributed by atoms with Gasteiger partial charge in [-0.05, 0) is 47.7 Å². The molecule has 1 atom stereocenters. The quantitative estimate of drug-likeness (QED) is 0.547. The summed E-state index contributed by atoms with van der Waals surface area (Å²) in [6.07, 6.45) is -3.85. The first-order valence-electron chi connectivity index (χ1n) is 9.98. The van der Waals surface area contributed by atoms with E-state index in [9.17, 15) is 27.2 Å². The van der Waals surface area contributed by atoms with Gasteiger partial charge in [-0.15, -0.1) is 0 Å². The normalized spacial score (nSPS) is 21.4. The minimum atomic E-state index is -4.47. The Morgan fingerprint density at radius 3 is 2.29 bits per heavy atom. The van der Waals surface area contributed by atoms with Crippen molar-refractivity contribution in [2.75, 3.05) is 4.90 Å². The Labute approximate surface area is 177 Å². The molecule has 0 fully saturated rings. The van der Waals surface area contributed by atoms with Gasteiger partial charge in [-0.2, -0.15) is 13.2 Å². The zero-order valence-electron chi connectivity index (χ0n) is 17.1. The molecule has 0 radical (unpaired) electrons. The number of carbonyl (C=O) groups excluding carboxylic acids is 2. The molecule has 1 unspecified atom stereocenters. The largest absolute Gasteiger partial charge is 0.416 e. The number of hydrogen-bond donors (Lipinski definition) is 0. The Bertz CT molecular complexity index is 1080. The summed E-state index contributed by atoms with van der Waals surface area (Å²) in [5.74, 6) is -1.58. The summed E-state index contributed by atoms with van der Waals surface area (Å²) >= 11 is 0. The van der Waals surface area contributed by atoms with Crippen molar-refractivity contribution in [3.63, 3.8) is 0 Å². The van der Waals surface area contributed by atoms with Gasteiger partial charge >= 0.3 is 6.18 Å². The van der Waals surface area contributed by atoms with Crippen molar-refractivity contribution < 1.29 is 27.2 Å². The monoisotopic (exact) mass is 431 g/mol. The van der Waals surface area contributed by atoms with E-state index in [-0.39, 0.29) is 24.5 Å². The molecule has 0 saturated carbocycles. The van der Waals surface area contributed by atoms with Crippen LogP contribution in [0.1, 0.15) is 50.2 Å². The van der Waals surface area contributed by atoms with Gasteiger partial charge in [0.2, 0.25) is 5.91 Å². The van der Waals surface area contributed by atoms with Gasteiger partial charge in [0.15, 0.2) is 5.78 Å². The maximum absolute atomic E-state index is 13.9. The Hall–Kier alpha value is -2.96. The van der Waals surface area contributed by atoms with Crippen LogP contribution in [0.5, 0.6) is 0 Å². The molecule has 1 aliphatic heterocycles. The lowest BCUT2D eigenvalue weighted by atomic mass is 9.69. The third-order valence-corrected chi connectivity index (χ3v) is 5.85. The van der Waals surface area contributed by atoms with E-state index < -0.39 is 28.9 Å². The summed E-state index contributed by atoms with van der Waals surface area (Å²) in [6.45, 7) is 3.84. The zero-order chi connectivity index (χ0) is 22.6. The highest BCUT2D eigenvalue weighted by molar-refractivity contribution is 6.07. The number of allylic oxidation sites excluding steroid dienone is 2. The molecular formula is C24H21F4NO2. The van der Waals surface area contributed by atoms with Crippen LogP contribution in [-0.4, -0.2) is 11.7 Å². The number of anilines is 1. The second kappa shape index (κ2) is 7.32. The maximum Gasteiger partial charge on any atom is 0.416 e. The van der Waals surface area contributed by atoms with Crippen molar-refractivity contribution in [1.29, 1.82) is 0 Å². The average Bonchev–Trinajstić information content (AvgIpc) is 2.65. The van der Waals surface area contributed by atoms with E-state index in [1.807, 2.05) is 13.8 Å². The Morgan fingerprint density at radius 1 is 1.00 bits per heavy atom. The SMILES string of the molecule is CC1(C)CC(=O)C2=C(C1)N(c1cccc(F)c1)C(=O)CC2c1ccc(C(F)(F)F)cc1. The van der Waals surface area contributed by atoms with Crippen LogP contribution >= 0.6 is 0 Å². The maximum atomic E-state index is 13.9. The summed E-state index contributed by atoms with van der Waals surface area (Å²) in [7, 11) is 0. The third-order valence-electron chi connectivity index (χ3n) is 5.85. The molecule has 31 heavy (non-hydrogen) atoms. The molecule has 0 bridgehead atoms. The second-order valence-electron chi connectivity index (χ2n) is 8.89. The van der Waals surface area contributed by atoms with Crippen molar-refractivity contribution in [3.05, 3.63) is 76.7 Å². The lowest BCUT2D eigenvalue weighted by Crippen LogP contribution is -2.43. The molecule has 0 saturated heterocycles. The summed E-state index contributed by atoms with van der Waals surface area (Å²) in [5, 5.41) is 0. The number of ketones is 1. The average molecular weight is 431 g/mol. The molecule has 3 nitrogen and oxygen atoms in total. The molecule has 1 amide bonds. The van der Waals surface area contributed by atoms with Gasteiger partial charge in [0, 0.05) is 30.0 Å². The van der Waals surface area contributed by atoms with Crippen LogP contribution in [0.2, 0.25) is 0 Å². The van der Waals surface area contributed by atoms with E-state index >= 15 is 0 Å². The van der Waals surface area contributed by atoms with Gasteiger partial charge in [-0.25, -0.2) is 4.39 Å². The molecule has 0 aromatic heterocycles. The molecule has 162 valence electrons. The number of benzene rings is 2. The van der Waals surface area contributed by atoms with Crippen molar-refractivity contribution >= 4 is 17.4 Å². The molecule has 0 spiro atoms. The first-order chi connectivity index (χ1) is 14.5. The van der Waals surface area contributed by atoms with E-state index in [0.29, 0.717) is 28.9 Å². The molecule has 2 aliphatic rings. The number of carbonyl (C=O) groups is 2. The fourth-order valence-electron chi connectivity index (χ4n) is 4.52. The van der Waals surface area contributed by atoms with Crippen molar-refractivity contribution in [1.82, 2.24) is 0 Å². The highest BCUT2D eigenvalue weighted by Crippen LogP contribution is 2.48. The number of nitrogens with zero attached hydrogens (tertiary/aromatic N) is 1. The van der Waals surface area contributed by atoms with Gasteiger partial charge in [0.1, 0.15) is 5.82 Å². The smallest absolute Gasteiger partial charge is 0.294 e. The fraction of sp³-hybridized carbons (Fsp3) is 0.333. The first-order valence-corrected chi connectivity index (χ1v) is 9.98. The minimum absolute atomic E-state index is 0.0765. The fourth-order valence-corrected chi connectivity index (χ4v) is 4.52. The van der Waals surface area contributed by atoms with E-state index in [1.165, 1.54) is 35.2 Å². The van der Waals surface area contributed by atoms with Crippen LogP contribution in [0.25, 0.3) is 0 Å². The third kappa shape index (κ3) is 4.01. The van der Waals surface area contributed by atoms with Crippen LogP contribution in [-0.2, 0) is 15.8 Å². The standard InChI is InChI=1S/C24H21F4NO2/c1-23(2)12-19-22(20(30)13-23)18(14-6-8-15(9-7-14)24(26,27)28)11-21(31)29(19)17-5-3-4-16(25)10-17/h3-10,18H,11-13H2,1-2H3. The van der Waals surface area contributed by atoms with Crippen LogP contribution in [0.15, 0.2) is 59.8 Å². The number of hydrogen-bond acceptors (Lipinski definition) is 2. The zero-order valence-corrected chi connectivity index (χ0v) is 17.1. The topological polar surface area (TPSA) is 37.4 Å². The Kier molecular flexibility index (Phi) is 5.03. The van der Waals surface area contributed by atoms with Gasteiger partial charge in [0.25, 0.3) is 0 Å². The molecule has 4 rings (SSSR count). The number of halogens is 4. The van der Waals surface area contributed by atoms with E-state index in [1.54, 1.807) is 6.07 Å². The van der Waals surface area contributed by atoms with Crippen LogP contribution in [0.4, 0.5) is 23.2 Å².